The van der Waals surface area contributed by atoms with Crippen LogP contribution in [-0.4, -0.2) is 56.6 Å². The summed E-state index contributed by atoms with van der Waals surface area (Å²) < 4.78 is 35.7. The van der Waals surface area contributed by atoms with Gasteiger partial charge < -0.3 is 15.2 Å². The fourth-order valence-electron chi connectivity index (χ4n) is 1.76. The molecule has 0 amide bonds. The highest BCUT2D eigenvalue weighted by molar-refractivity contribution is 7.92. The van der Waals surface area contributed by atoms with Crippen LogP contribution in [0.5, 0.6) is 0 Å². The highest BCUT2D eigenvalue weighted by atomic mass is 32.2. The Morgan fingerprint density at radius 2 is 1.95 bits per heavy atom. The van der Waals surface area contributed by atoms with Crippen molar-refractivity contribution in [2.75, 3.05) is 26.3 Å². The Labute approximate surface area is 126 Å². The molecule has 1 aliphatic heterocycles. The van der Waals surface area contributed by atoms with Crippen molar-refractivity contribution in [1.82, 2.24) is 4.31 Å². The lowest BCUT2D eigenvalue weighted by Crippen LogP contribution is -2.60. The fourth-order valence-corrected chi connectivity index (χ4v) is 3.01. The number of hydrogen-bond acceptors (Lipinski definition) is 5. The summed E-state index contributed by atoms with van der Waals surface area (Å²) in [6, 6.07) is -0.448. The highest BCUT2D eigenvalue weighted by Crippen LogP contribution is 2.10. The minimum absolute atomic E-state index is 0.0480. The molecule has 1 saturated heterocycles. The zero-order valence-corrected chi connectivity index (χ0v) is 13.7. The lowest BCUT2D eigenvalue weighted by molar-refractivity contribution is -0.402. The zero-order valence-electron chi connectivity index (χ0n) is 12.9. The third kappa shape index (κ3) is 7.03. The Hall–Kier alpha value is -0.960. The quantitative estimate of drug-likeness (QED) is 0.688. The fraction of sp³-hybridized carbons (Fsp3) is 0.769. The summed E-state index contributed by atoms with van der Waals surface area (Å²) in [5, 5.41) is 1.11. The number of rotatable bonds is 5. The lowest BCUT2D eigenvalue weighted by Gasteiger charge is -2.24. The van der Waals surface area contributed by atoms with E-state index in [0.717, 1.165) is 5.41 Å². The number of carbonyl (C=O) groups excluding carboxylic acids is 1. The molecule has 0 spiro atoms. The molecule has 0 aliphatic carbocycles. The maximum atomic E-state index is 12.0. The summed E-state index contributed by atoms with van der Waals surface area (Å²) in [5.41, 5.74) is 3.21. The number of esters is 1. The van der Waals surface area contributed by atoms with Crippen molar-refractivity contribution in [1.29, 1.82) is 0 Å². The summed E-state index contributed by atoms with van der Waals surface area (Å²) >= 11 is 0. The molecular weight excluding hydrogens is 296 g/mol. The monoisotopic (exact) mass is 321 g/mol. The number of morpholine rings is 1. The van der Waals surface area contributed by atoms with Gasteiger partial charge in [0.2, 0.25) is 10.0 Å². The van der Waals surface area contributed by atoms with E-state index in [1.165, 1.54) is 10.4 Å². The largest absolute Gasteiger partial charge is 0.460 e. The molecule has 0 radical (unpaired) electrons. The maximum absolute atomic E-state index is 12.0. The lowest BCUT2D eigenvalue weighted by atomic mass is 10.2. The predicted octanol–water partition coefficient (Wildman–Crippen LogP) is -0.496. The number of hydrogen-bond donors (Lipinski definition) is 1. The first-order valence-corrected chi connectivity index (χ1v) is 8.41. The maximum Gasteiger partial charge on any atom is 0.312 e. The molecule has 8 heteroatoms. The molecule has 0 aromatic carbocycles. The Bertz CT molecular complexity index is 475. The molecule has 1 atom stereocenters. The smallest absolute Gasteiger partial charge is 0.312 e. The van der Waals surface area contributed by atoms with Gasteiger partial charge in [0.25, 0.3) is 0 Å². The van der Waals surface area contributed by atoms with Crippen molar-refractivity contribution in [3.63, 3.8) is 0 Å². The van der Waals surface area contributed by atoms with Crippen LogP contribution in [0.25, 0.3) is 0 Å². The highest BCUT2D eigenvalue weighted by Gasteiger charge is 2.23. The van der Waals surface area contributed by atoms with Gasteiger partial charge >= 0.3 is 5.97 Å². The van der Waals surface area contributed by atoms with Crippen molar-refractivity contribution in [3.05, 3.63) is 11.5 Å². The summed E-state index contributed by atoms with van der Waals surface area (Å²) in [7, 11) is -3.47. The van der Waals surface area contributed by atoms with Crippen molar-refractivity contribution in [2.45, 2.75) is 38.8 Å². The predicted molar refractivity (Wildman–Crippen MR) is 77.6 cm³/mol. The van der Waals surface area contributed by atoms with Crippen LogP contribution in [0.3, 0.4) is 0 Å². The third-order valence-electron chi connectivity index (χ3n) is 2.70. The normalized spacial score (nSPS) is 19.6. The van der Waals surface area contributed by atoms with E-state index in [1.54, 1.807) is 20.8 Å². The van der Waals surface area contributed by atoms with Crippen LogP contribution >= 0.6 is 0 Å². The Balaban J connectivity index is 2.52. The SMILES string of the molecule is CC(C)(C)OC(=O)C[C@H]([NH3+])/C=C/S(=O)(=O)N1CCOCC1. The Morgan fingerprint density at radius 1 is 1.38 bits per heavy atom. The average Bonchev–Trinajstić information content (AvgIpc) is 2.35. The molecule has 0 saturated carbocycles. The minimum Gasteiger partial charge on any atom is -0.460 e. The van der Waals surface area contributed by atoms with Gasteiger partial charge in [-0.2, -0.15) is 4.31 Å². The summed E-state index contributed by atoms with van der Waals surface area (Å²) in [4.78, 5) is 11.6. The summed E-state index contributed by atoms with van der Waals surface area (Å²) in [6.45, 7) is 6.84. The second-order valence-corrected chi connectivity index (χ2v) is 7.75. The first-order chi connectivity index (χ1) is 9.60. The first kappa shape index (κ1) is 18.1. The van der Waals surface area contributed by atoms with E-state index >= 15 is 0 Å². The summed E-state index contributed by atoms with van der Waals surface area (Å²) in [5.74, 6) is -0.393. The average molecular weight is 321 g/mol. The minimum atomic E-state index is -3.47. The number of sulfonamides is 1. The molecule has 1 heterocycles. The summed E-state index contributed by atoms with van der Waals surface area (Å²) in [6.07, 6.45) is 1.47. The zero-order chi connectivity index (χ0) is 16.1. The van der Waals surface area contributed by atoms with E-state index in [9.17, 15) is 13.2 Å². The van der Waals surface area contributed by atoms with Crippen molar-refractivity contribution in [3.8, 4) is 0 Å². The molecule has 1 aliphatic rings. The molecular formula is C13H25N2O5S+. The van der Waals surface area contributed by atoms with E-state index in [1.807, 2.05) is 0 Å². The van der Waals surface area contributed by atoms with E-state index in [2.05, 4.69) is 5.73 Å². The molecule has 3 N–H and O–H groups in total. The van der Waals surface area contributed by atoms with Crippen LogP contribution in [0.4, 0.5) is 0 Å². The van der Waals surface area contributed by atoms with Gasteiger partial charge in [-0.15, -0.1) is 0 Å². The molecule has 0 aromatic rings. The first-order valence-electron chi connectivity index (χ1n) is 6.91. The molecule has 1 fully saturated rings. The van der Waals surface area contributed by atoms with Crippen LogP contribution in [0.15, 0.2) is 11.5 Å². The van der Waals surface area contributed by atoms with Crippen molar-refractivity contribution in [2.24, 2.45) is 0 Å². The Kier molecular flexibility index (Phi) is 6.33. The molecule has 122 valence electrons. The van der Waals surface area contributed by atoms with Crippen LogP contribution in [0.1, 0.15) is 27.2 Å². The van der Waals surface area contributed by atoms with Gasteiger partial charge in [-0.05, 0) is 26.8 Å². The molecule has 0 aromatic heterocycles. The van der Waals surface area contributed by atoms with Gasteiger partial charge in [0, 0.05) is 18.5 Å². The van der Waals surface area contributed by atoms with Gasteiger partial charge in [-0.25, -0.2) is 8.42 Å². The van der Waals surface area contributed by atoms with E-state index in [0.29, 0.717) is 26.3 Å². The number of carbonyl (C=O) groups is 1. The number of ether oxygens (including phenoxy) is 2. The van der Waals surface area contributed by atoms with Crippen LogP contribution in [0, 0.1) is 0 Å². The van der Waals surface area contributed by atoms with Gasteiger partial charge in [-0.1, -0.05) is 0 Å². The van der Waals surface area contributed by atoms with Crippen LogP contribution in [0.2, 0.25) is 0 Å². The second kappa shape index (κ2) is 7.35. The van der Waals surface area contributed by atoms with Gasteiger partial charge in [0.15, 0.2) is 0 Å². The van der Waals surface area contributed by atoms with Gasteiger partial charge in [0.05, 0.1) is 13.2 Å². The van der Waals surface area contributed by atoms with Crippen molar-refractivity contribution >= 4 is 16.0 Å². The molecule has 0 bridgehead atoms. The molecule has 1 rings (SSSR count). The van der Waals surface area contributed by atoms with Crippen LogP contribution < -0.4 is 5.73 Å². The van der Waals surface area contributed by atoms with Crippen molar-refractivity contribution < 1.29 is 28.4 Å². The van der Waals surface area contributed by atoms with Crippen LogP contribution in [-0.2, 0) is 24.3 Å². The molecule has 21 heavy (non-hydrogen) atoms. The molecule has 0 unspecified atom stereocenters. The molecule has 7 nitrogen and oxygen atoms in total. The topological polar surface area (TPSA) is 101 Å². The Morgan fingerprint density at radius 3 is 2.48 bits per heavy atom. The standard InChI is InChI=1S/C13H24N2O5S/c1-13(2,3)20-12(16)10-11(14)4-9-21(17,18)15-5-7-19-8-6-15/h4,9,11H,5-8,10,14H2,1-3H3/p+1/b9-4+/t11-/m1/s1. The van der Waals surface area contributed by atoms with E-state index < -0.39 is 27.6 Å². The number of quaternary nitrogens is 1. The third-order valence-corrected chi connectivity index (χ3v) is 4.29. The number of nitrogens with zero attached hydrogens (tertiary/aromatic N) is 1. The van der Waals surface area contributed by atoms with Gasteiger partial charge in [0.1, 0.15) is 18.1 Å². The van der Waals surface area contributed by atoms with E-state index in [4.69, 9.17) is 9.47 Å². The second-order valence-electron chi connectivity index (χ2n) is 5.94. The van der Waals surface area contributed by atoms with E-state index in [-0.39, 0.29) is 6.42 Å². The van der Waals surface area contributed by atoms with Gasteiger partial charge in [-0.3, -0.25) is 4.79 Å².